The Labute approximate surface area is 113 Å². The molecule has 1 N–H and O–H groups in total. The average Bonchev–Trinajstić information content (AvgIpc) is 2.47. The van der Waals surface area contributed by atoms with Crippen LogP contribution >= 0.6 is 11.8 Å². The molecule has 2 heterocycles. The molecular weight excluding hydrogens is 242 g/mol. The molecule has 18 heavy (non-hydrogen) atoms. The van der Waals surface area contributed by atoms with Gasteiger partial charge in [-0.25, -0.2) is 0 Å². The molecule has 0 aromatic heterocycles. The number of fused-ring (bicyclic) bond motifs is 1. The zero-order chi connectivity index (χ0) is 12.4. The molecule has 2 aliphatic rings. The van der Waals surface area contributed by atoms with Crippen LogP contribution in [0.25, 0.3) is 0 Å². The quantitative estimate of drug-likeness (QED) is 0.830. The summed E-state index contributed by atoms with van der Waals surface area (Å²) in [5, 5.41) is 3.34. The van der Waals surface area contributed by atoms with Crippen molar-refractivity contribution in [1.29, 1.82) is 0 Å². The van der Waals surface area contributed by atoms with Gasteiger partial charge in [-0.05, 0) is 55.7 Å². The first kappa shape index (κ1) is 12.2. The number of carbonyl (C=O) groups is 1. The van der Waals surface area contributed by atoms with E-state index in [9.17, 15) is 4.79 Å². The second kappa shape index (κ2) is 5.45. The SMILES string of the molecule is O=C(c1ccc2c(c1)CCCS2)C1CCCCN1. The number of ketones is 1. The van der Waals surface area contributed by atoms with Gasteiger partial charge in [-0.2, -0.15) is 0 Å². The molecule has 1 fully saturated rings. The molecule has 0 saturated carbocycles. The number of aryl methyl sites for hydroxylation is 1. The van der Waals surface area contributed by atoms with E-state index in [1.165, 1.54) is 35.5 Å². The number of hydrogen-bond acceptors (Lipinski definition) is 3. The normalized spacial score (nSPS) is 23.4. The third kappa shape index (κ3) is 2.47. The number of thioether (sulfide) groups is 1. The van der Waals surface area contributed by atoms with Crippen LogP contribution in [0.5, 0.6) is 0 Å². The molecular formula is C15H19NOS. The predicted molar refractivity (Wildman–Crippen MR) is 75.5 cm³/mol. The van der Waals surface area contributed by atoms with Crippen LogP contribution in [-0.2, 0) is 6.42 Å². The lowest BCUT2D eigenvalue weighted by molar-refractivity contribution is 0.0927. The fraction of sp³-hybridized carbons (Fsp3) is 0.533. The molecule has 0 aliphatic carbocycles. The van der Waals surface area contributed by atoms with Gasteiger partial charge in [-0.15, -0.1) is 11.8 Å². The smallest absolute Gasteiger partial charge is 0.179 e. The number of carbonyl (C=O) groups excluding carboxylic acids is 1. The van der Waals surface area contributed by atoms with Gasteiger partial charge in [0.15, 0.2) is 5.78 Å². The van der Waals surface area contributed by atoms with Gasteiger partial charge in [-0.3, -0.25) is 4.79 Å². The highest BCUT2D eigenvalue weighted by atomic mass is 32.2. The Bertz CT molecular complexity index is 452. The molecule has 2 aliphatic heterocycles. The van der Waals surface area contributed by atoms with E-state index in [1.54, 1.807) is 0 Å². The number of piperidine rings is 1. The summed E-state index contributed by atoms with van der Waals surface area (Å²) < 4.78 is 0. The maximum atomic E-state index is 12.4. The lowest BCUT2D eigenvalue weighted by Crippen LogP contribution is -2.40. The number of benzene rings is 1. The van der Waals surface area contributed by atoms with Gasteiger partial charge in [0.2, 0.25) is 0 Å². The minimum Gasteiger partial charge on any atom is -0.307 e. The van der Waals surface area contributed by atoms with Gasteiger partial charge < -0.3 is 5.32 Å². The summed E-state index contributed by atoms with van der Waals surface area (Å²) in [6.07, 6.45) is 5.72. The number of Topliss-reactive ketones (excluding diaryl/α,β-unsaturated/α-hetero) is 1. The van der Waals surface area contributed by atoms with E-state index in [0.717, 1.165) is 24.9 Å². The summed E-state index contributed by atoms with van der Waals surface area (Å²) >= 11 is 1.92. The van der Waals surface area contributed by atoms with Crippen LogP contribution in [0.15, 0.2) is 23.1 Å². The van der Waals surface area contributed by atoms with Crippen LogP contribution in [0.1, 0.15) is 41.6 Å². The van der Waals surface area contributed by atoms with Crippen molar-refractivity contribution < 1.29 is 4.79 Å². The maximum Gasteiger partial charge on any atom is 0.179 e. The second-order valence-corrected chi connectivity index (χ2v) is 6.28. The topological polar surface area (TPSA) is 29.1 Å². The summed E-state index contributed by atoms with van der Waals surface area (Å²) in [5.41, 5.74) is 2.27. The fourth-order valence-electron chi connectivity index (χ4n) is 2.79. The minimum atomic E-state index is 0.0491. The monoisotopic (exact) mass is 261 g/mol. The molecule has 2 nitrogen and oxygen atoms in total. The number of hydrogen-bond donors (Lipinski definition) is 1. The van der Waals surface area contributed by atoms with Gasteiger partial charge in [0.05, 0.1) is 6.04 Å². The molecule has 1 atom stereocenters. The van der Waals surface area contributed by atoms with Crippen molar-refractivity contribution in [2.24, 2.45) is 0 Å². The Morgan fingerprint density at radius 1 is 1.28 bits per heavy atom. The van der Waals surface area contributed by atoms with Crippen LogP contribution in [0, 0.1) is 0 Å². The van der Waals surface area contributed by atoms with Gasteiger partial charge in [0.1, 0.15) is 0 Å². The molecule has 0 amide bonds. The molecule has 0 spiro atoms. The molecule has 1 aromatic carbocycles. The van der Waals surface area contributed by atoms with Crippen molar-refractivity contribution in [1.82, 2.24) is 5.32 Å². The molecule has 0 radical (unpaired) electrons. The van der Waals surface area contributed by atoms with E-state index in [2.05, 4.69) is 17.4 Å². The van der Waals surface area contributed by atoms with E-state index in [1.807, 2.05) is 17.8 Å². The summed E-state index contributed by atoms with van der Waals surface area (Å²) in [6, 6.07) is 6.32. The van der Waals surface area contributed by atoms with E-state index >= 15 is 0 Å². The lowest BCUT2D eigenvalue weighted by Gasteiger charge is -2.23. The fourth-order valence-corrected chi connectivity index (χ4v) is 3.81. The van der Waals surface area contributed by atoms with Crippen LogP contribution < -0.4 is 5.32 Å². The van der Waals surface area contributed by atoms with Crippen molar-refractivity contribution in [3.05, 3.63) is 29.3 Å². The van der Waals surface area contributed by atoms with E-state index in [0.29, 0.717) is 0 Å². The first-order valence-corrected chi connectivity index (χ1v) is 7.86. The van der Waals surface area contributed by atoms with Gasteiger partial charge in [-0.1, -0.05) is 12.5 Å². The molecule has 1 aromatic rings. The first-order chi connectivity index (χ1) is 8.84. The largest absolute Gasteiger partial charge is 0.307 e. The second-order valence-electron chi connectivity index (χ2n) is 5.14. The van der Waals surface area contributed by atoms with Crippen molar-refractivity contribution >= 4 is 17.5 Å². The van der Waals surface area contributed by atoms with Crippen molar-refractivity contribution in [3.63, 3.8) is 0 Å². The Hall–Kier alpha value is -0.800. The van der Waals surface area contributed by atoms with Crippen LogP contribution in [0.3, 0.4) is 0 Å². The molecule has 0 bridgehead atoms. The van der Waals surface area contributed by atoms with Crippen molar-refractivity contribution in [2.75, 3.05) is 12.3 Å². The third-order valence-corrected chi connectivity index (χ3v) is 5.02. The Kier molecular flexibility index (Phi) is 3.71. The number of nitrogens with one attached hydrogen (secondary N) is 1. The van der Waals surface area contributed by atoms with E-state index < -0.39 is 0 Å². The standard InChI is InChI=1S/C15H19NOS/c17-15(13-5-1-2-8-16-13)12-6-7-14-11(10-12)4-3-9-18-14/h6-7,10,13,16H,1-5,8-9H2. The van der Waals surface area contributed by atoms with Gasteiger partial charge >= 0.3 is 0 Å². The molecule has 96 valence electrons. The van der Waals surface area contributed by atoms with E-state index in [-0.39, 0.29) is 11.8 Å². The predicted octanol–water partition coefficient (Wildman–Crippen LogP) is 3.05. The summed E-state index contributed by atoms with van der Waals surface area (Å²) in [7, 11) is 0. The molecule has 1 saturated heterocycles. The Morgan fingerprint density at radius 3 is 3.06 bits per heavy atom. The lowest BCUT2D eigenvalue weighted by atomic mass is 9.95. The summed E-state index contributed by atoms with van der Waals surface area (Å²) in [5.74, 6) is 1.50. The van der Waals surface area contributed by atoms with Crippen molar-refractivity contribution in [2.45, 2.75) is 43.0 Å². The van der Waals surface area contributed by atoms with Gasteiger partial charge in [0, 0.05) is 10.5 Å². The van der Waals surface area contributed by atoms with Crippen LogP contribution in [-0.4, -0.2) is 24.1 Å². The molecule has 1 unspecified atom stereocenters. The van der Waals surface area contributed by atoms with Crippen LogP contribution in [0.2, 0.25) is 0 Å². The van der Waals surface area contributed by atoms with Crippen molar-refractivity contribution in [3.8, 4) is 0 Å². The number of rotatable bonds is 2. The van der Waals surface area contributed by atoms with Crippen LogP contribution in [0.4, 0.5) is 0 Å². The zero-order valence-electron chi connectivity index (χ0n) is 10.6. The summed E-state index contributed by atoms with van der Waals surface area (Å²) in [4.78, 5) is 13.8. The summed E-state index contributed by atoms with van der Waals surface area (Å²) in [6.45, 7) is 0.983. The highest BCUT2D eigenvalue weighted by Crippen LogP contribution is 2.30. The zero-order valence-corrected chi connectivity index (χ0v) is 11.4. The molecule has 3 heteroatoms. The average molecular weight is 261 g/mol. The maximum absolute atomic E-state index is 12.4. The minimum absolute atomic E-state index is 0.0491. The van der Waals surface area contributed by atoms with Gasteiger partial charge in [0.25, 0.3) is 0 Å². The first-order valence-electron chi connectivity index (χ1n) is 6.88. The third-order valence-electron chi connectivity index (χ3n) is 3.82. The molecule has 3 rings (SSSR count). The van der Waals surface area contributed by atoms with E-state index in [4.69, 9.17) is 0 Å². The Morgan fingerprint density at radius 2 is 2.22 bits per heavy atom. The Balaban J connectivity index is 1.80. The highest BCUT2D eigenvalue weighted by Gasteiger charge is 2.22. The highest BCUT2D eigenvalue weighted by molar-refractivity contribution is 7.99.